The second-order valence-corrected chi connectivity index (χ2v) is 3.75. The van der Waals surface area contributed by atoms with Crippen LogP contribution in [0.4, 0.5) is 0 Å². The fourth-order valence-corrected chi connectivity index (χ4v) is 2.16. The topological polar surface area (TPSA) is 69.9 Å². The maximum atomic E-state index is 11.0. The van der Waals surface area contributed by atoms with Crippen molar-refractivity contribution in [1.29, 1.82) is 0 Å². The van der Waals surface area contributed by atoms with Gasteiger partial charge in [0.15, 0.2) is 0 Å². The summed E-state index contributed by atoms with van der Waals surface area (Å²) in [6.45, 7) is 0. The summed E-state index contributed by atoms with van der Waals surface area (Å²) in [5.41, 5.74) is 1.54. The van der Waals surface area contributed by atoms with E-state index in [1.807, 2.05) is 0 Å². The number of carbonyl (C=O) groups is 1. The Bertz CT molecular complexity index is 456. The molecule has 0 saturated carbocycles. The number of hydrogen-bond acceptors (Lipinski definition) is 3. The van der Waals surface area contributed by atoms with Crippen LogP contribution in [0.5, 0.6) is 0 Å². The van der Waals surface area contributed by atoms with E-state index < -0.39 is 11.9 Å². The van der Waals surface area contributed by atoms with E-state index in [4.69, 9.17) is 21.9 Å². The number of rotatable bonds is 1. The predicted octanol–water partition coefficient (Wildman–Crippen LogP) is 2.09. The fraction of sp³-hybridized carbons (Fsp3) is 0.200. The van der Waals surface area contributed by atoms with Crippen LogP contribution in [0.25, 0.3) is 0 Å². The summed E-state index contributed by atoms with van der Waals surface area (Å²) in [4.78, 5) is 11.0. The third kappa shape index (κ3) is 1.47. The van der Waals surface area contributed by atoms with Crippen LogP contribution in [0.3, 0.4) is 0 Å². The Balaban J connectivity index is 2.63. The largest absolute Gasteiger partial charge is 0.481 e. The van der Waals surface area contributed by atoms with Crippen molar-refractivity contribution in [2.45, 2.75) is 12.3 Å². The summed E-state index contributed by atoms with van der Waals surface area (Å²) in [6.07, 6.45) is 0.185. The predicted molar refractivity (Wildman–Crippen MR) is 54.8 cm³/mol. The number of fused-ring (bicyclic) bond motifs is 1. The summed E-state index contributed by atoms with van der Waals surface area (Å²) in [7, 11) is 0. The van der Waals surface area contributed by atoms with Crippen LogP contribution in [0, 0.1) is 0 Å². The average molecular weight is 226 g/mol. The Morgan fingerprint density at radius 1 is 1.53 bits per heavy atom. The molecular formula is C10H8ClNO3. The number of halogens is 1. The zero-order chi connectivity index (χ0) is 11.0. The molecule has 5 heteroatoms. The SMILES string of the molecule is O=C(O)C1C/C(=N/O)c2cccc(Cl)c21. The van der Waals surface area contributed by atoms with E-state index in [0.29, 0.717) is 21.9 Å². The molecule has 0 saturated heterocycles. The second kappa shape index (κ2) is 3.55. The fourth-order valence-electron chi connectivity index (χ4n) is 1.85. The Morgan fingerprint density at radius 2 is 2.27 bits per heavy atom. The molecule has 15 heavy (non-hydrogen) atoms. The van der Waals surface area contributed by atoms with E-state index in [-0.39, 0.29) is 6.42 Å². The molecule has 2 N–H and O–H groups in total. The number of carboxylic acid groups (broad SMARTS) is 1. The first-order valence-corrected chi connectivity index (χ1v) is 4.75. The van der Waals surface area contributed by atoms with Crippen LogP contribution >= 0.6 is 11.6 Å². The number of aliphatic carboxylic acids is 1. The Morgan fingerprint density at radius 3 is 2.87 bits per heavy atom. The summed E-state index contributed by atoms with van der Waals surface area (Å²) in [5, 5.41) is 21.3. The highest BCUT2D eigenvalue weighted by Crippen LogP contribution is 2.38. The van der Waals surface area contributed by atoms with Crippen molar-refractivity contribution in [2.75, 3.05) is 0 Å². The van der Waals surface area contributed by atoms with Gasteiger partial charge in [-0.3, -0.25) is 4.79 Å². The minimum atomic E-state index is -0.956. The molecule has 0 radical (unpaired) electrons. The van der Waals surface area contributed by atoms with Crippen molar-refractivity contribution < 1.29 is 15.1 Å². The van der Waals surface area contributed by atoms with Crippen molar-refractivity contribution in [1.82, 2.24) is 0 Å². The van der Waals surface area contributed by atoms with Gasteiger partial charge in [0.25, 0.3) is 0 Å². The summed E-state index contributed by atoms with van der Waals surface area (Å²) in [6, 6.07) is 5.05. The van der Waals surface area contributed by atoms with E-state index in [1.54, 1.807) is 18.2 Å². The van der Waals surface area contributed by atoms with Crippen molar-refractivity contribution in [3.8, 4) is 0 Å². The minimum Gasteiger partial charge on any atom is -0.481 e. The van der Waals surface area contributed by atoms with Gasteiger partial charge in [-0.15, -0.1) is 0 Å². The quantitative estimate of drug-likeness (QED) is 0.568. The number of carboxylic acids is 1. The molecule has 0 aliphatic heterocycles. The van der Waals surface area contributed by atoms with Gasteiger partial charge in [-0.05, 0) is 11.6 Å². The van der Waals surface area contributed by atoms with Gasteiger partial charge in [0.1, 0.15) is 0 Å². The zero-order valence-corrected chi connectivity index (χ0v) is 8.40. The maximum Gasteiger partial charge on any atom is 0.311 e. The first kappa shape index (κ1) is 9.98. The zero-order valence-electron chi connectivity index (χ0n) is 7.64. The molecule has 1 unspecified atom stereocenters. The monoisotopic (exact) mass is 225 g/mol. The van der Waals surface area contributed by atoms with Gasteiger partial charge < -0.3 is 10.3 Å². The lowest BCUT2D eigenvalue weighted by Gasteiger charge is -2.06. The number of nitrogens with zero attached hydrogens (tertiary/aromatic N) is 1. The van der Waals surface area contributed by atoms with Gasteiger partial charge in [0, 0.05) is 17.0 Å². The molecule has 0 heterocycles. The standard InChI is InChI=1S/C10H8ClNO3/c11-7-3-1-2-5-8(12-15)4-6(9(5)7)10(13)14/h1-3,6,15H,4H2,(H,13,14)/b12-8-. The van der Waals surface area contributed by atoms with E-state index in [9.17, 15) is 4.79 Å². The first-order valence-electron chi connectivity index (χ1n) is 4.37. The lowest BCUT2D eigenvalue weighted by atomic mass is 10.0. The van der Waals surface area contributed by atoms with Gasteiger partial charge in [-0.2, -0.15) is 0 Å². The van der Waals surface area contributed by atoms with Crippen LogP contribution < -0.4 is 0 Å². The van der Waals surface area contributed by atoms with Gasteiger partial charge in [0.05, 0.1) is 11.6 Å². The molecule has 4 nitrogen and oxygen atoms in total. The molecule has 0 bridgehead atoms. The third-order valence-corrected chi connectivity index (χ3v) is 2.86. The highest BCUT2D eigenvalue weighted by molar-refractivity contribution is 6.32. The molecule has 1 aliphatic rings. The highest BCUT2D eigenvalue weighted by atomic mass is 35.5. The molecule has 0 amide bonds. The van der Waals surface area contributed by atoms with E-state index in [0.717, 1.165) is 0 Å². The first-order chi connectivity index (χ1) is 7.15. The van der Waals surface area contributed by atoms with Crippen LogP contribution in [-0.4, -0.2) is 22.0 Å². The maximum absolute atomic E-state index is 11.0. The molecule has 0 spiro atoms. The van der Waals surface area contributed by atoms with E-state index in [1.165, 1.54) is 0 Å². The Hall–Kier alpha value is -1.55. The lowest BCUT2D eigenvalue weighted by Crippen LogP contribution is -2.08. The van der Waals surface area contributed by atoms with Crippen LogP contribution in [0.1, 0.15) is 23.5 Å². The van der Waals surface area contributed by atoms with Crippen LogP contribution in [0.15, 0.2) is 23.4 Å². The molecule has 78 valence electrons. The van der Waals surface area contributed by atoms with Gasteiger partial charge >= 0.3 is 5.97 Å². The molecule has 1 atom stereocenters. The summed E-state index contributed by atoms with van der Waals surface area (Å²) >= 11 is 5.93. The van der Waals surface area contributed by atoms with Gasteiger partial charge in [-0.25, -0.2) is 0 Å². The van der Waals surface area contributed by atoms with E-state index >= 15 is 0 Å². The molecule has 1 aliphatic carbocycles. The molecule has 0 fully saturated rings. The number of hydrogen-bond donors (Lipinski definition) is 2. The Labute approximate surface area is 90.8 Å². The number of benzene rings is 1. The normalized spacial score (nSPS) is 21.7. The van der Waals surface area contributed by atoms with Crippen LogP contribution in [-0.2, 0) is 4.79 Å². The van der Waals surface area contributed by atoms with Gasteiger partial charge in [-0.1, -0.05) is 28.9 Å². The van der Waals surface area contributed by atoms with Gasteiger partial charge in [0.2, 0.25) is 0 Å². The Kier molecular flexibility index (Phi) is 2.36. The second-order valence-electron chi connectivity index (χ2n) is 3.34. The summed E-state index contributed by atoms with van der Waals surface area (Å²) < 4.78 is 0. The van der Waals surface area contributed by atoms with Crippen molar-refractivity contribution in [2.24, 2.45) is 5.16 Å². The smallest absolute Gasteiger partial charge is 0.311 e. The molecule has 1 aromatic rings. The molecule has 2 rings (SSSR count). The summed E-state index contributed by atoms with van der Waals surface area (Å²) in [5.74, 6) is -1.66. The highest BCUT2D eigenvalue weighted by Gasteiger charge is 2.34. The molecule has 1 aromatic carbocycles. The molecular weight excluding hydrogens is 218 g/mol. The van der Waals surface area contributed by atoms with Crippen LogP contribution in [0.2, 0.25) is 5.02 Å². The third-order valence-electron chi connectivity index (χ3n) is 2.53. The average Bonchev–Trinajstić information content (AvgIpc) is 2.58. The lowest BCUT2D eigenvalue weighted by molar-refractivity contribution is -0.138. The number of oxime groups is 1. The van der Waals surface area contributed by atoms with Crippen molar-refractivity contribution in [3.63, 3.8) is 0 Å². The molecule has 0 aromatic heterocycles. The van der Waals surface area contributed by atoms with E-state index in [2.05, 4.69) is 5.16 Å². The minimum absolute atomic E-state index is 0.185. The van der Waals surface area contributed by atoms with Crippen molar-refractivity contribution >= 4 is 23.3 Å². The van der Waals surface area contributed by atoms with Crippen molar-refractivity contribution in [3.05, 3.63) is 34.3 Å².